The van der Waals surface area contributed by atoms with Gasteiger partial charge in [-0.3, -0.25) is 0 Å². The summed E-state index contributed by atoms with van der Waals surface area (Å²) in [5, 5.41) is 0. The summed E-state index contributed by atoms with van der Waals surface area (Å²) in [7, 11) is 0. The first-order valence-corrected chi connectivity index (χ1v) is 18.0. The van der Waals surface area contributed by atoms with Crippen LogP contribution in [0.2, 0.25) is 0 Å². The van der Waals surface area contributed by atoms with Crippen molar-refractivity contribution in [1.82, 2.24) is 0 Å². The maximum atomic E-state index is 2.50. The molecule has 0 aliphatic heterocycles. The molecule has 4 bridgehead atoms. The van der Waals surface area contributed by atoms with Crippen molar-refractivity contribution in [3.05, 3.63) is 148 Å². The van der Waals surface area contributed by atoms with Gasteiger partial charge in [-0.1, -0.05) is 153 Å². The minimum Gasteiger partial charge on any atom is -0.0686 e. The van der Waals surface area contributed by atoms with E-state index in [4.69, 9.17) is 0 Å². The smallest absolute Gasteiger partial charge is 0.0686 e. The van der Waals surface area contributed by atoms with Gasteiger partial charge in [-0.05, 0) is 125 Å². The van der Waals surface area contributed by atoms with Crippen molar-refractivity contribution in [3.63, 3.8) is 0 Å². The molecule has 0 saturated heterocycles. The summed E-state index contributed by atoms with van der Waals surface area (Å²) < 4.78 is 0. The van der Waals surface area contributed by atoms with Crippen molar-refractivity contribution >= 4 is 23.1 Å². The molecule has 0 aromatic heterocycles. The quantitative estimate of drug-likeness (QED) is 0.168. The van der Waals surface area contributed by atoms with Crippen molar-refractivity contribution in [2.24, 2.45) is 11.8 Å². The number of hydrogen-bond acceptors (Lipinski definition) is 0. The zero-order valence-electron chi connectivity index (χ0n) is 29.3. The van der Waals surface area contributed by atoms with Crippen molar-refractivity contribution in [1.29, 1.82) is 0 Å². The van der Waals surface area contributed by atoms with Gasteiger partial charge in [0.25, 0.3) is 0 Å². The van der Waals surface area contributed by atoms with Gasteiger partial charge >= 0.3 is 0 Å². The highest BCUT2D eigenvalue weighted by molar-refractivity contribution is 6.96. The normalized spacial score (nSPS) is 24.5. The molecule has 0 heterocycles. The van der Waals surface area contributed by atoms with Gasteiger partial charge in [-0.2, -0.15) is 0 Å². The topological polar surface area (TPSA) is 0 Å². The number of benzene rings is 5. The summed E-state index contributed by atoms with van der Waals surface area (Å²) in [5.41, 5.74) is 19.0. The van der Waals surface area contributed by atoms with Gasteiger partial charge in [0.2, 0.25) is 6.71 Å². The van der Waals surface area contributed by atoms with Crippen LogP contribution >= 0.6 is 0 Å². The van der Waals surface area contributed by atoms with Crippen molar-refractivity contribution < 1.29 is 0 Å². The first kappa shape index (κ1) is 30.5. The molecule has 9 rings (SSSR count). The first-order valence-electron chi connectivity index (χ1n) is 18.0. The summed E-state index contributed by atoms with van der Waals surface area (Å²) in [6.07, 6.45) is 8.31. The fourth-order valence-corrected chi connectivity index (χ4v) is 11.4. The average Bonchev–Trinajstić information content (AvgIpc) is 3.03. The molecule has 4 aliphatic carbocycles. The molecule has 2 unspecified atom stereocenters. The lowest BCUT2D eigenvalue weighted by atomic mass is 9.34. The Balaban J connectivity index is 1.13. The molecular formula is C46H49B. The van der Waals surface area contributed by atoms with E-state index in [2.05, 4.69) is 145 Å². The predicted octanol–water partition coefficient (Wildman–Crippen LogP) is 9.51. The predicted molar refractivity (Wildman–Crippen MR) is 202 cm³/mol. The Morgan fingerprint density at radius 3 is 1.34 bits per heavy atom. The minimum absolute atomic E-state index is 0.209. The third-order valence-corrected chi connectivity index (χ3v) is 12.6. The lowest BCUT2D eigenvalue weighted by Crippen LogP contribution is -2.55. The zero-order chi connectivity index (χ0) is 32.5. The van der Waals surface area contributed by atoms with Crippen molar-refractivity contribution in [2.45, 2.75) is 90.9 Å². The Labute approximate surface area is 283 Å². The fourth-order valence-electron chi connectivity index (χ4n) is 11.4. The molecule has 0 nitrogen and oxygen atoms in total. The molecule has 4 aliphatic rings. The minimum atomic E-state index is 0.209. The summed E-state index contributed by atoms with van der Waals surface area (Å²) in [6, 6.07) is 40.3. The van der Waals surface area contributed by atoms with E-state index in [1.54, 1.807) is 11.1 Å². The Bertz CT molecular complexity index is 1830. The molecule has 47 heavy (non-hydrogen) atoms. The summed E-state index contributed by atoms with van der Waals surface area (Å²) in [4.78, 5) is 0. The molecule has 0 N–H and O–H groups in total. The largest absolute Gasteiger partial charge is 0.242 e. The molecule has 0 radical (unpaired) electrons. The van der Waals surface area contributed by atoms with Crippen LogP contribution in [0.15, 0.2) is 103 Å². The SMILES string of the molecule is Cc1cc(C)c(B(c2ccc(-c3ccc(C45CC6CC(CC(c7ccccc7)(C6)C4)C5)cc3)cc2)c2c(C)cc(C)cc2C)c(C)c1. The van der Waals surface area contributed by atoms with Crippen LogP contribution in [0.5, 0.6) is 0 Å². The van der Waals surface area contributed by atoms with Crippen molar-refractivity contribution in [3.8, 4) is 11.1 Å². The molecule has 5 aromatic rings. The Morgan fingerprint density at radius 2 is 0.894 bits per heavy atom. The Kier molecular flexibility index (Phi) is 7.40. The molecule has 5 aromatic carbocycles. The highest BCUT2D eigenvalue weighted by Crippen LogP contribution is 2.66. The Morgan fingerprint density at radius 1 is 0.489 bits per heavy atom. The van der Waals surface area contributed by atoms with E-state index < -0.39 is 0 Å². The lowest BCUT2D eigenvalue weighted by Gasteiger charge is -2.62. The van der Waals surface area contributed by atoms with Crippen LogP contribution in [0.4, 0.5) is 0 Å². The summed E-state index contributed by atoms with van der Waals surface area (Å²) in [5.74, 6) is 1.75. The van der Waals surface area contributed by atoms with E-state index in [-0.39, 0.29) is 6.71 Å². The van der Waals surface area contributed by atoms with E-state index >= 15 is 0 Å². The highest BCUT2D eigenvalue weighted by Gasteiger charge is 2.58. The second-order valence-electron chi connectivity index (χ2n) is 16.1. The van der Waals surface area contributed by atoms with Gasteiger partial charge in [0.15, 0.2) is 0 Å². The highest BCUT2D eigenvalue weighted by atomic mass is 14.6. The standard InChI is InChI=1S/C46H49B/c1-30-20-32(3)43(33(4)21-30)47(44-34(5)22-31(2)23-35(44)6)42-18-14-39(15-19-42)38-12-16-41(17-13-38)46-27-36-24-37(28-46)26-45(25-36,29-46)40-10-8-7-9-11-40/h7-23,36-37H,24-29H2,1-6H3. The number of hydrogen-bond donors (Lipinski definition) is 0. The molecule has 4 fully saturated rings. The van der Waals surface area contributed by atoms with E-state index in [9.17, 15) is 0 Å². The van der Waals surface area contributed by atoms with Gasteiger partial charge < -0.3 is 0 Å². The van der Waals surface area contributed by atoms with E-state index in [1.165, 1.54) is 99.4 Å². The Hall–Kier alpha value is -3.84. The van der Waals surface area contributed by atoms with Gasteiger partial charge in [-0.25, -0.2) is 0 Å². The molecule has 1 heteroatoms. The van der Waals surface area contributed by atoms with Crippen LogP contribution in [0, 0.1) is 53.4 Å². The molecule has 0 spiro atoms. The van der Waals surface area contributed by atoms with Crippen molar-refractivity contribution in [2.75, 3.05) is 0 Å². The van der Waals surface area contributed by atoms with Gasteiger partial charge in [-0.15, -0.1) is 0 Å². The number of rotatable bonds is 6. The zero-order valence-corrected chi connectivity index (χ0v) is 29.3. The van der Waals surface area contributed by atoms with Gasteiger partial charge in [0, 0.05) is 0 Å². The molecule has 2 atom stereocenters. The second kappa shape index (κ2) is 11.4. The number of aryl methyl sites for hydroxylation is 6. The fraction of sp³-hybridized carbons (Fsp3) is 0.348. The van der Waals surface area contributed by atoms with E-state index in [0.717, 1.165) is 11.8 Å². The molecular weight excluding hydrogens is 563 g/mol. The molecule has 236 valence electrons. The average molecular weight is 613 g/mol. The maximum Gasteiger partial charge on any atom is 0.242 e. The third-order valence-electron chi connectivity index (χ3n) is 12.6. The van der Waals surface area contributed by atoms with Crippen LogP contribution in [-0.4, -0.2) is 6.71 Å². The van der Waals surface area contributed by atoms with Crippen LogP contribution in [0.3, 0.4) is 0 Å². The van der Waals surface area contributed by atoms with E-state index in [1.807, 2.05) is 0 Å². The molecule has 0 amide bonds. The summed E-state index contributed by atoms with van der Waals surface area (Å²) >= 11 is 0. The first-order chi connectivity index (χ1) is 22.6. The monoisotopic (exact) mass is 612 g/mol. The third kappa shape index (κ3) is 5.22. The van der Waals surface area contributed by atoms with Gasteiger partial charge in [0.1, 0.15) is 0 Å². The van der Waals surface area contributed by atoms with Crippen LogP contribution in [0.1, 0.15) is 83.0 Å². The maximum absolute atomic E-state index is 2.50. The lowest BCUT2D eigenvalue weighted by molar-refractivity contribution is -0.0281. The van der Waals surface area contributed by atoms with E-state index in [0.29, 0.717) is 10.8 Å². The van der Waals surface area contributed by atoms with Crippen LogP contribution < -0.4 is 16.4 Å². The van der Waals surface area contributed by atoms with Crippen LogP contribution in [0.25, 0.3) is 11.1 Å². The second-order valence-corrected chi connectivity index (χ2v) is 16.1. The van der Waals surface area contributed by atoms with Crippen LogP contribution in [-0.2, 0) is 10.8 Å². The molecule has 4 saturated carbocycles. The summed E-state index contributed by atoms with van der Waals surface area (Å²) in [6.45, 7) is 13.8. The van der Waals surface area contributed by atoms with Gasteiger partial charge in [0.05, 0.1) is 0 Å².